The summed E-state index contributed by atoms with van der Waals surface area (Å²) in [5.74, 6) is 0. The van der Waals surface area contributed by atoms with Crippen LogP contribution in [0.1, 0.15) is 5.56 Å². The molecule has 27 heavy (non-hydrogen) atoms. The molecule has 1 heterocycles. The van der Waals surface area contributed by atoms with E-state index in [1.165, 1.54) is 16.3 Å². The first-order valence-corrected chi connectivity index (χ1v) is 8.84. The summed E-state index contributed by atoms with van der Waals surface area (Å²) < 4.78 is 0. The highest BCUT2D eigenvalue weighted by Crippen LogP contribution is 2.19. The largest absolute Gasteiger partial charge is 0.338 e. The molecular weight excluding hydrogens is 338 g/mol. The summed E-state index contributed by atoms with van der Waals surface area (Å²) >= 11 is 0. The molecule has 0 bridgehead atoms. The van der Waals surface area contributed by atoms with Crippen LogP contribution in [0.15, 0.2) is 77.7 Å². The van der Waals surface area contributed by atoms with Gasteiger partial charge in [0.1, 0.15) is 0 Å². The zero-order chi connectivity index (χ0) is 18.6. The molecule has 0 fully saturated rings. The van der Waals surface area contributed by atoms with Crippen LogP contribution in [0.4, 0.5) is 10.5 Å². The molecule has 0 aliphatic heterocycles. The van der Waals surface area contributed by atoms with Crippen molar-refractivity contribution in [1.29, 1.82) is 0 Å². The van der Waals surface area contributed by atoms with Crippen molar-refractivity contribution in [2.75, 3.05) is 11.9 Å². The van der Waals surface area contributed by atoms with Crippen LogP contribution in [0.25, 0.3) is 21.5 Å². The second kappa shape index (κ2) is 7.33. The summed E-state index contributed by atoms with van der Waals surface area (Å²) in [7, 11) is 0. The molecular formula is C22H19N3O2. The Bertz CT molecular complexity index is 1180. The highest BCUT2D eigenvalue weighted by Gasteiger charge is 2.05. The van der Waals surface area contributed by atoms with Gasteiger partial charge in [0.15, 0.2) is 0 Å². The molecule has 4 rings (SSSR count). The fourth-order valence-electron chi connectivity index (χ4n) is 3.27. The maximum atomic E-state index is 12.2. The van der Waals surface area contributed by atoms with Gasteiger partial charge in [-0.1, -0.05) is 42.5 Å². The van der Waals surface area contributed by atoms with E-state index < -0.39 is 0 Å². The number of amides is 2. The molecule has 0 spiro atoms. The first kappa shape index (κ1) is 16.8. The lowest BCUT2D eigenvalue weighted by Crippen LogP contribution is -2.30. The number of hydrogen-bond acceptors (Lipinski definition) is 2. The number of carbonyl (C=O) groups excluding carboxylic acids is 1. The number of pyridine rings is 1. The van der Waals surface area contributed by atoms with Crippen LogP contribution in [-0.4, -0.2) is 17.6 Å². The van der Waals surface area contributed by atoms with Gasteiger partial charge in [-0.25, -0.2) is 4.79 Å². The Balaban J connectivity index is 1.39. The number of urea groups is 1. The minimum absolute atomic E-state index is 0.140. The Hall–Kier alpha value is -3.60. The van der Waals surface area contributed by atoms with E-state index >= 15 is 0 Å². The molecule has 1 aromatic heterocycles. The van der Waals surface area contributed by atoms with Crippen LogP contribution >= 0.6 is 0 Å². The average molecular weight is 357 g/mol. The molecule has 0 atom stereocenters. The third kappa shape index (κ3) is 3.67. The first-order valence-electron chi connectivity index (χ1n) is 8.84. The maximum absolute atomic E-state index is 12.2. The van der Waals surface area contributed by atoms with Gasteiger partial charge in [0.2, 0.25) is 0 Å². The summed E-state index contributed by atoms with van der Waals surface area (Å²) in [6.45, 7) is 0.535. The zero-order valence-electron chi connectivity index (χ0n) is 14.7. The van der Waals surface area contributed by atoms with Crippen molar-refractivity contribution in [2.24, 2.45) is 0 Å². The zero-order valence-corrected chi connectivity index (χ0v) is 14.7. The summed E-state index contributed by atoms with van der Waals surface area (Å²) in [6.07, 6.45) is 2.35. The Morgan fingerprint density at radius 1 is 0.889 bits per heavy atom. The summed E-state index contributed by atoms with van der Waals surface area (Å²) in [5, 5.41) is 9.49. The van der Waals surface area contributed by atoms with Gasteiger partial charge < -0.3 is 15.6 Å². The quantitative estimate of drug-likeness (QED) is 0.515. The topological polar surface area (TPSA) is 74.0 Å². The Labute approximate surface area is 156 Å². The van der Waals surface area contributed by atoms with Gasteiger partial charge >= 0.3 is 6.03 Å². The minimum Gasteiger partial charge on any atom is -0.338 e. The second-order valence-electron chi connectivity index (χ2n) is 6.38. The summed E-state index contributed by atoms with van der Waals surface area (Å²) in [5.41, 5.74) is 1.72. The van der Waals surface area contributed by atoms with Gasteiger partial charge in [0.05, 0.1) is 0 Å². The fourth-order valence-corrected chi connectivity index (χ4v) is 3.27. The monoisotopic (exact) mass is 357 g/mol. The number of fused-ring (bicyclic) bond motifs is 2. The molecule has 0 aliphatic rings. The fraction of sp³-hybridized carbons (Fsp3) is 0.0909. The lowest BCUT2D eigenvalue weighted by atomic mass is 10.0. The molecule has 4 aromatic rings. The Morgan fingerprint density at radius 2 is 1.74 bits per heavy atom. The molecule has 5 heteroatoms. The van der Waals surface area contributed by atoms with Crippen molar-refractivity contribution >= 4 is 33.3 Å². The van der Waals surface area contributed by atoms with Crippen LogP contribution in [-0.2, 0) is 6.42 Å². The highest BCUT2D eigenvalue weighted by atomic mass is 16.2. The number of hydrogen-bond donors (Lipinski definition) is 3. The van der Waals surface area contributed by atoms with Gasteiger partial charge in [0, 0.05) is 23.8 Å². The van der Waals surface area contributed by atoms with Gasteiger partial charge in [-0.05, 0) is 52.4 Å². The Morgan fingerprint density at radius 3 is 2.67 bits per heavy atom. The van der Waals surface area contributed by atoms with Crippen molar-refractivity contribution in [3.8, 4) is 0 Å². The van der Waals surface area contributed by atoms with Gasteiger partial charge in [-0.15, -0.1) is 0 Å². The number of nitrogens with one attached hydrogen (secondary N) is 3. The van der Waals surface area contributed by atoms with E-state index in [1.54, 1.807) is 30.5 Å². The lowest BCUT2D eigenvalue weighted by Gasteiger charge is -2.10. The third-order valence-electron chi connectivity index (χ3n) is 4.59. The van der Waals surface area contributed by atoms with Crippen LogP contribution in [0.5, 0.6) is 0 Å². The van der Waals surface area contributed by atoms with E-state index in [4.69, 9.17) is 0 Å². The predicted octanol–water partition coefficient (Wildman–Crippen LogP) is 4.05. The van der Waals surface area contributed by atoms with Gasteiger partial charge in [-0.3, -0.25) is 4.79 Å². The number of benzene rings is 3. The number of carbonyl (C=O) groups is 1. The number of anilines is 1. The molecule has 3 N–H and O–H groups in total. The molecule has 0 saturated carbocycles. The van der Waals surface area contributed by atoms with Crippen molar-refractivity contribution < 1.29 is 4.79 Å². The smallest absolute Gasteiger partial charge is 0.319 e. The average Bonchev–Trinajstić information content (AvgIpc) is 2.68. The van der Waals surface area contributed by atoms with Gasteiger partial charge in [-0.2, -0.15) is 0 Å². The van der Waals surface area contributed by atoms with Crippen LogP contribution < -0.4 is 16.2 Å². The van der Waals surface area contributed by atoms with E-state index in [1.807, 2.05) is 18.2 Å². The van der Waals surface area contributed by atoms with Crippen LogP contribution in [0, 0.1) is 0 Å². The normalized spacial score (nSPS) is 10.8. The Kier molecular flexibility index (Phi) is 4.58. The number of rotatable bonds is 4. The van der Waals surface area contributed by atoms with E-state index in [-0.39, 0.29) is 11.6 Å². The van der Waals surface area contributed by atoms with Crippen LogP contribution in [0.3, 0.4) is 0 Å². The molecule has 134 valence electrons. The molecule has 3 aromatic carbocycles. The molecule has 5 nitrogen and oxygen atoms in total. The number of aromatic nitrogens is 1. The maximum Gasteiger partial charge on any atom is 0.319 e. The van der Waals surface area contributed by atoms with Crippen molar-refractivity contribution in [3.05, 3.63) is 88.8 Å². The van der Waals surface area contributed by atoms with Crippen LogP contribution in [0.2, 0.25) is 0 Å². The predicted molar refractivity (Wildman–Crippen MR) is 109 cm³/mol. The molecule has 2 amide bonds. The second-order valence-corrected chi connectivity index (χ2v) is 6.38. The van der Waals surface area contributed by atoms with Gasteiger partial charge in [0.25, 0.3) is 5.56 Å². The minimum atomic E-state index is -0.264. The van der Waals surface area contributed by atoms with Crippen molar-refractivity contribution in [2.45, 2.75) is 6.42 Å². The standard InChI is InChI=1S/C22H19N3O2/c26-21-20-9-8-18(14-17(20)11-12-23-21)25-22(27)24-13-10-16-6-3-5-15-4-1-2-7-19(15)16/h1-9,11-12,14H,10,13H2,(H,23,26)(H2,24,25,27). The molecule has 0 radical (unpaired) electrons. The van der Waals surface area contributed by atoms with E-state index in [9.17, 15) is 9.59 Å². The van der Waals surface area contributed by atoms with E-state index in [0.717, 1.165) is 11.8 Å². The molecule has 0 aliphatic carbocycles. The van der Waals surface area contributed by atoms with Crippen molar-refractivity contribution in [3.63, 3.8) is 0 Å². The highest BCUT2D eigenvalue weighted by molar-refractivity contribution is 5.93. The van der Waals surface area contributed by atoms with E-state index in [0.29, 0.717) is 17.6 Å². The molecule has 0 saturated heterocycles. The first-order chi connectivity index (χ1) is 13.2. The lowest BCUT2D eigenvalue weighted by molar-refractivity contribution is 0.252. The van der Waals surface area contributed by atoms with Crippen molar-refractivity contribution in [1.82, 2.24) is 10.3 Å². The summed E-state index contributed by atoms with van der Waals surface area (Å²) in [6, 6.07) is 21.2. The molecule has 0 unspecified atom stereocenters. The van der Waals surface area contributed by atoms with E-state index in [2.05, 4.69) is 39.9 Å². The third-order valence-corrected chi connectivity index (χ3v) is 4.59. The number of aromatic amines is 1. The number of H-pyrrole nitrogens is 1. The summed E-state index contributed by atoms with van der Waals surface area (Å²) in [4.78, 5) is 26.5. The SMILES string of the molecule is O=C(NCCc1cccc2ccccc12)Nc1ccc2c(=O)[nH]ccc2c1.